The summed E-state index contributed by atoms with van der Waals surface area (Å²) in [6, 6.07) is 20.3. The third-order valence-corrected chi connectivity index (χ3v) is 8.23. The van der Waals surface area contributed by atoms with Crippen LogP contribution in [-0.2, 0) is 9.59 Å². The molecule has 1 N–H and O–H groups in total. The predicted molar refractivity (Wildman–Crippen MR) is 153 cm³/mol. The van der Waals surface area contributed by atoms with Crippen LogP contribution in [0, 0.1) is 29.6 Å². The molecule has 2 aliphatic rings. The highest BCUT2D eigenvalue weighted by Gasteiger charge is 2.37. The van der Waals surface area contributed by atoms with Gasteiger partial charge in [0.15, 0.2) is 0 Å². The van der Waals surface area contributed by atoms with E-state index in [0.29, 0.717) is 21.0 Å². The first-order valence-electron chi connectivity index (χ1n) is 12.8. The van der Waals surface area contributed by atoms with Crippen LogP contribution in [0.4, 0.5) is 5.00 Å². The average molecular weight is 548 g/mol. The first-order valence-corrected chi connectivity index (χ1v) is 13.6. The van der Waals surface area contributed by atoms with E-state index in [-0.39, 0.29) is 22.3 Å². The molecule has 0 spiro atoms. The molecule has 2 aliphatic heterocycles. The molecule has 1 fully saturated rings. The van der Waals surface area contributed by atoms with E-state index in [9.17, 15) is 24.9 Å². The van der Waals surface area contributed by atoms with Gasteiger partial charge in [-0.1, -0.05) is 48.0 Å². The number of hydrogen-bond donors (Lipinski definition) is 1. The number of nitriles is 2. The first kappa shape index (κ1) is 26.6. The Balaban J connectivity index is 1.65. The van der Waals surface area contributed by atoms with Crippen molar-refractivity contribution < 1.29 is 14.4 Å². The molecule has 0 aliphatic carbocycles. The van der Waals surface area contributed by atoms with E-state index in [2.05, 4.69) is 16.4 Å². The minimum Gasteiger partial charge on any atom is -0.362 e. The van der Waals surface area contributed by atoms with Crippen molar-refractivity contribution in [2.24, 2.45) is 0 Å². The van der Waals surface area contributed by atoms with E-state index < -0.39 is 17.7 Å². The lowest BCUT2D eigenvalue weighted by atomic mass is 9.94. The Morgan fingerprint density at radius 3 is 2.25 bits per heavy atom. The van der Waals surface area contributed by atoms with E-state index in [4.69, 9.17) is 0 Å². The number of hydrazine groups is 1. The van der Waals surface area contributed by atoms with Crippen molar-refractivity contribution in [3.8, 4) is 23.3 Å². The van der Waals surface area contributed by atoms with Gasteiger partial charge in [-0.25, -0.2) is 0 Å². The molecule has 0 unspecified atom stereocenters. The van der Waals surface area contributed by atoms with Gasteiger partial charge in [-0.05, 0) is 56.0 Å². The van der Waals surface area contributed by atoms with E-state index >= 15 is 0 Å². The van der Waals surface area contributed by atoms with Crippen LogP contribution in [0.3, 0.4) is 0 Å². The molecule has 0 radical (unpaired) electrons. The van der Waals surface area contributed by atoms with Crippen LogP contribution in [-0.4, -0.2) is 35.8 Å². The topological polar surface area (TPSA) is 117 Å². The highest BCUT2D eigenvalue weighted by Crippen LogP contribution is 2.44. The fourth-order valence-electron chi connectivity index (χ4n) is 4.86. The lowest BCUT2D eigenvalue weighted by Crippen LogP contribution is -2.53. The van der Waals surface area contributed by atoms with Crippen LogP contribution in [0.1, 0.15) is 46.1 Å². The number of aryl methyl sites for hydroxylation is 1. The van der Waals surface area contributed by atoms with Crippen molar-refractivity contribution in [3.05, 3.63) is 92.9 Å². The van der Waals surface area contributed by atoms with Gasteiger partial charge in [0.25, 0.3) is 17.7 Å². The van der Waals surface area contributed by atoms with Crippen LogP contribution in [0.15, 0.2) is 71.3 Å². The molecule has 3 amide bonds. The molecule has 9 heteroatoms. The molecule has 0 atom stereocenters. The summed E-state index contributed by atoms with van der Waals surface area (Å²) in [6.45, 7) is 5.20. The molecule has 3 heterocycles. The minimum atomic E-state index is -0.896. The molecular weight excluding hydrogens is 522 g/mol. The Kier molecular flexibility index (Phi) is 7.33. The maximum atomic E-state index is 13.7. The van der Waals surface area contributed by atoms with Gasteiger partial charge in [-0.3, -0.25) is 19.8 Å². The highest BCUT2D eigenvalue weighted by atomic mass is 32.1. The third-order valence-electron chi connectivity index (χ3n) is 7.03. The average Bonchev–Trinajstić information content (AvgIpc) is 3.62. The Bertz CT molecular complexity index is 1660. The molecule has 8 nitrogen and oxygen atoms in total. The van der Waals surface area contributed by atoms with E-state index in [1.807, 2.05) is 37.3 Å². The second-order valence-corrected chi connectivity index (χ2v) is 10.6. The van der Waals surface area contributed by atoms with Crippen LogP contribution in [0.2, 0.25) is 0 Å². The van der Waals surface area contributed by atoms with Crippen LogP contribution < -0.4 is 10.3 Å². The van der Waals surface area contributed by atoms with Gasteiger partial charge in [-0.2, -0.15) is 15.5 Å². The molecular formula is C31H25N5O3S. The fraction of sp³-hybridized carbons (Fsp3) is 0.194. The Morgan fingerprint density at radius 1 is 0.950 bits per heavy atom. The number of carbonyl (C=O) groups is 3. The summed E-state index contributed by atoms with van der Waals surface area (Å²) in [4.78, 5) is 42.4. The lowest BCUT2D eigenvalue weighted by Gasteiger charge is -2.27. The summed E-state index contributed by atoms with van der Waals surface area (Å²) >= 11 is 1.40. The van der Waals surface area contributed by atoms with Gasteiger partial charge >= 0.3 is 0 Å². The zero-order chi connectivity index (χ0) is 28.4. The minimum absolute atomic E-state index is 0.0941. The van der Waals surface area contributed by atoms with Gasteiger partial charge < -0.3 is 4.90 Å². The number of thiophene rings is 1. The normalized spacial score (nSPS) is 16.4. The summed E-state index contributed by atoms with van der Waals surface area (Å²) in [5.41, 5.74) is 5.81. The summed E-state index contributed by atoms with van der Waals surface area (Å²) in [5.74, 6) is -2.31. The molecule has 3 aromatic rings. The smallest absolute Gasteiger partial charge is 0.290 e. The number of amides is 3. The van der Waals surface area contributed by atoms with Gasteiger partial charge in [0.2, 0.25) is 0 Å². The van der Waals surface area contributed by atoms with Crippen molar-refractivity contribution in [2.75, 3.05) is 18.0 Å². The van der Waals surface area contributed by atoms with Crippen molar-refractivity contribution >= 4 is 40.1 Å². The monoisotopic (exact) mass is 547 g/mol. The highest BCUT2D eigenvalue weighted by molar-refractivity contribution is 7.17. The quantitative estimate of drug-likeness (QED) is 0.349. The van der Waals surface area contributed by atoms with Crippen molar-refractivity contribution in [1.29, 1.82) is 10.5 Å². The summed E-state index contributed by atoms with van der Waals surface area (Å²) in [6.07, 6.45) is 3.69. The third kappa shape index (κ3) is 4.79. The second kappa shape index (κ2) is 11.0. The van der Waals surface area contributed by atoms with E-state index in [1.165, 1.54) is 11.3 Å². The number of benzene rings is 2. The SMILES string of the molecule is CC1=C(C#N)C(=O)N(NC(=O)c2ccccc2)C(=O)/C1=C\c1sc(N2CCCC2)c(C#N)c1-c1ccc(C)cc1. The van der Waals surface area contributed by atoms with Crippen molar-refractivity contribution in [3.63, 3.8) is 0 Å². The predicted octanol–water partition coefficient (Wildman–Crippen LogP) is 5.13. The molecule has 0 bridgehead atoms. The maximum Gasteiger partial charge on any atom is 0.290 e. The number of carbonyl (C=O) groups excluding carboxylic acids is 3. The summed E-state index contributed by atoms with van der Waals surface area (Å²) in [7, 11) is 0. The number of imide groups is 1. The molecule has 2 aromatic carbocycles. The van der Waals surface area contributed by atoms with Crippen LogP contribution in [0.25, 0.3) is 17.2 Å². The van der Waals surface area contributed by atoms with Gasteiger partial charge in [0.1, 0.15) is 22.7 Å². The van der Waals surface area contributed by atoms with Crippen molar-refractivity contribution in [1.82, 2.24) is 10.4 Å². The van der Waals surface area contributed by atoms with Crippen LogP contribution >= 0.6 is 11.3 Å². The van der Waals surface area contributed by atoms with Gasteiger partial charge in [0.05, 0.1) is 5.56 Å². The maximum absolute atomic E-state index is 13.7. The molecule has 1 saturated heterocycles. The number of hydrogen-bond acceptors (Lipinski definition) is 7. The number of nitrogens with zero attached hydrogens (tertiary/aromatic N) is 4. The standard InChI is InChI=1S/C31H25N5O3S/c1-19-10-12-21(13-11-19)27-25(18-33)31(35-14-6-7-15-35)40-26(27)16-23-20(2)24(17-32)30(39)36(29(23)38)34-28(37)22-8-4-3-5-9-22/h3-5,8-13,16H,6-7,14-15H2,1-2H3,(H,34,37)/b23-16-. The van der Waals surface area contributed by atoms with E-state index in [1.54, 1.807) is 43.3 Å². The largest absolute Gasteiger partial charge is 0.362 e. The lowest BCUT2D eigenvalue weighted by molar-refractivity contribution is -0.143. The first-order chi connectivity index (χ1) is 19.3. The zero-order valence-corrected chi connectivity index (χ0v) is 22.8. The Morgan fingerprint density at radius 2 is 1.62 bits per heavy atom. The number of nitrogens with one attached hydrogen (secondary N) is 1. The number of anilines is 1. The van der Waals surface area contributed by atoms with Crippen LogP contribution in [0.5, 0.6) is 0 Å². The van der Waals surface area contributed by atoms with Gasteiger partial charge in [-0.15, -0.1) is 11.3 Å². The number of rotatable bonds is 5. The molecule has 5 rings (SSSR count). The van der Waals surface area contributed by atoms with Gasteiger partial charge in [0, 0.05) is 34.7 Å². The Hall–Kier alpha value is -4.99. The van der Waals surface area contributed by atoms with E-state index in [0.717, 1.165) is 42.1 Å². The van der Waals surface area contributed by atoms with Crippen molar-refractivity contribution in [2.45, 2.75) is 26.7 Å². The zero-order valence-electron chi connectivity index (χ0n) is 22.0. The molecule has 40 heavy (non-hydrogen) atoms. The Labute approximate surface area is 236 Å². The summed E-state index contributed by atoms with van der Waals surface area (Å²) in [5, 5.41) is 21.5. The molecule has 0 saturated carbocycles. The molecule has 1 aromatic heterocycles. The second-order valence-electron chi connectivity index (χ2n) is 9.62. The fourth-order valence-corrected chi connectivity index (χ4v) is 6.13. The molecule has 198 valence electrons. The summed E-state index contributed by atoms with van der Waals surface area (Å²) < 4.78 is 0.